The molecule has 29 heavy (non-hydrogen) atoms. The average molecular weight is 415 g/mol. The van der Waals surface area contributed by atoms with Crippen LogP contribution in [-0.4, -0.2) is 53.7 Å². The maximum absolute atomic E-state index is 13.2. The van der Waals surface area contributed by atoms with Gasteiger partial charge in [-0.15, -0.1) is 0 Å². The Hall–Kier alpha value is -1.79. The van der Waals surface area contributed by atoms with E-state index in [-0.39, 0.29) is 17.2 Å². The highest BCUT2D eigenvalue weighted by molar-refractivity contribution is 5.89. The topological polar surface area (TPSA) is 95.9 Å². The molecule has 0 aromatic heterocycles. The molecule has 2 atom stereocenters. The molecule has 2 N–H and O–H groups in total. The molecular weight excluding hydrogens is 372 g/mol. The lowest BCUT2D eigenvalue weighted by Crippen LogP contribution is -2.57. The van der Waals surface area contributed by atoms with Gasteiger partial charge in [-0.1, -0.05) is 60.8 Å². The first-order valence-electron chi connectivity index (χ1n) is 10.7. The van der Waals surface area contributed by atoms with Gasteiger partial charge in [0.1, 0.15) is 12.1 Å². The lowest BCUT2D eigenvalue weighted by Gasteiger charge is -2.38. The molecule has 0 aliphatic heterocycles. The van der Waals surface area contributed by atoms with E-state index in [4.69, 9.17) is 0 Å². The Kier molecular flexibility index (Phi) is 11.9. The number of nitrogens with zero attached hydrogens (tertiary/aromatic N) is 1. The standard InChI is InChI=1S/C18H32N2O5.C4H10/c1-12(16(22)23)20(11-18(2,3)4)15(21)14(19-17(24)25-5)13-9-7-6-8-10-13;1-4(2)3/h12-14H,6-11H2,1-5H3,(H,19,24)(H,22,23);4H,1-3H3/t12-,14?;/m0./s1. The lowest BCUT2D eigenvalue weighted by molar-refractivity contribution is -0.152. The normalized spacial score (nSPS) is 16.9. The van der Waals surface area contributed by atoms with Crippen molar-refractivity contribution in [1.29, 1.82) is 0 Å². The van der Waals surface area contributed by atoms with Gasteiger partial charge in [-0.25, -0.2) is 9.59 Å². The number of ether oxygens (including phenoxy) is 1. The number of hydrogen-bond acceptors (Lipinski definition) is 4. The first-order chi connectivity index (χ1) is 13.3. The van der Waals surface area contributed by atoms with Crippen LogP contribution in [0, 0.1) is 17.3 Å². The highest BCUT2D eigenvalue weighted by atomic mass is 16.5. The van der Waals surface area contributed by atoms with E-state index in [1.54, 1.807) is 0 Å². The number of nitrogens with one attached hydrogen (secondary N) is 1. The first kappa shape index (κ1) is 27.2. The van der Waals surface area contributed by atoms with Crippen molar-refractivity contribution in [3.05, 3.63) is 0 Å². The second-order valence-electron chi connectivity index (χ2n) is 9.78. The molecule has 1 aliphatic rings. The maximum atomic E-state index is 13.2. The molecule has 2 amide bonds. The van der Waals surface area contributed by atoms with Gasteiger partial charge in [-0.05, 0) is 37.0 Å². The molecule has 0 aromatic carbocycles. The Morgan fingerprint density at radius 1 is 1.07 bits per heavy atom. The summed E-state index contributed by atoms with van der Waals surface area (Å²) < 4.78 is 4.67. The zero-order valence-electron chi connectivity index (χ0n) is 19.6. The van der Waals surface area contributed by atoms with E-state index < -0.39 is 24.1 Å². The van der Waals surface area contributed by atoms with E-state index >= 15 is 0 Å². The summed E-state index contributed by atoms with van der Waals surface area (Å²) in [5.74, 6) is -0.566. The van der Waals surface area contributed by atoms with E-state index in [2.05, 4.69) is 30.8 Å². The van der Waals surface area contributed by atoms with Crippen molar-refractivity contribution in [2.45, 2.75) is 92.7 Å². The zero-order valence-corrected chi connectivity index (χ0v) is 19.6. The summed E-state index contributed by atoms with van der Waals surface area (Å²) in [6.45, 7) is 14.1. The molecule has 1 saturated carbocycles. The molecule has 1 fully saturated rings. The van der Waals surface area contributed by atoms with Gasteiger partial charge in [-0.3, -0.25) is 4.79 Å². The third kappa shape index (κ3) is 11.1. The fraction of sp³-hybridized carbons (Fsp3) is 0.864. The maximum Gasteiger partial charge on any atom is 0.407 e. The average Bonchev–Trinajstić information content (AvgIpc) is 2.62. The summed E-state index contributed by atoms with van der Waals surface area (Å²) in [7, 11) is 1.25. The van der Waals surface area contributed by atoms with Crippen LogP contribution in [0.4, 0.5) is 4.79 Å². The van der Waals surface area contributed by atoms with Gasteiger partial charge in [0.05, 0.1) is 7.11 Å². The van der Waals surface area contributed by atoms with Crippen LogP contribution in [0.15, 0.2) is 0 Å². The smallest absolute Gasteiger partial charge is 0.407 e. The largest absolute Gasteiger partial charge is 0.480 e. The number of aliphatic carboxylic acids is 1. The van der Waals surface area contributed by atoms with Crippen LogP contribution >= 0.6 is 0 Å². The second kappa shape index (κ2) is 12.7. The zero-order chi connectivity index (χ0) is 22.8. The fourth-order valence-electron chi connectivity index (χ4n) is 3.26. The summed E-state index contributed by atoms with van der Waals surface area (Å²) in [6.07, 6.45) is 4.14. The summed E-state index contributed by atoms with van der Waals surface area (Å²) in [6, 6.07) is -1.71. The number of amides is 2. The molecule has 170 valence electrons. The van der Waals surface area contributed by atoms with E-state index in [0.717, 1.165) is 38.0 Å². The minimum atomic E-state index is -1.06. The number of alkyl carbamates (subject to hydrolysis) is 1. The monoisotopic (exact) mass is 414 g/mol. The molecule has 0 aromatic rings. The highest BCUT2D eigenvalue weighted by Gasteiger charge is 2.38. The first-order valence-corrected chi connectivity index (χ1v) is 10.7. The van der Waals surface area contributed by atoms with E-state index in [1.165, 1.54) is 18.9 Å². The number of carbonyl (C=O) groups excluding carboxylic acids is 2. The molecule has 0 radical (unpaired) electrons. The molecular formula is C22H42N2O5. The molecule has 1 aliphatic carbocycles. The third-order valence-corrected chi connectivity index (χ3v) is 4.60. The number of carbonyl (C=O) groups is 3. The number of carboxylic acid groups (broad SMARTS) is 1. The summed E-state index contributed by atoms with van der Waals surface area (Å²) in [5, 5.41) is 12.1. The molecule has 7 heteroatoms. The molecule has 0 heterocycles. The predicted molar refractivity (Wildman–Crippen MR) is 115 cm³/mol. The van der Waals surface area contributed by atoms with Crippen LogP contribution in [0.25, 0.3) is 0 Å². The van der Waals surface area contributed by atoms with Crippen molar-refractivity contribution in [1.82, 2.24) is 10.2 Å². The molecule has 1 rings (SSSR count). The Morgan fingerprint density at radius 3 is 1.93 bits per heavy atom. The van der Waals surface area contributed by atoms with Crippen LogP contribution in [0.1, 0.15) is 80.6 Å². The number of hydrogen-bond donors (Lipinski definition) is 2. The van der Waals surface area contributed by atoms with Crippen molar-refractivity contribution in [2.24, 2.45) is 17.3 Å². The van der Waals surface area contributed by atoms with Crippen molar-refractivity contribution in [3.63, 3.8) is 0 Å². The Balaban J connectivity index is 0.00000178. The predicted octanol–water partition coefficient (Wildman–Crippen LogP) is 4.30. The van der Waals surface area contributed by atoms with Crippen LogP contribution in [-0.2, 0) is 14.3 Å². The minimum absolute atomic E-state index is 0.00353. The van der Waals surface area contributed by atoms with Crippen LogP contribution in [0.2, 0.25) is 0 Å². The summed E-state index contributed by atoms with van der Waals surface area (Å²) in [4.78, 5) is 37.8. The summed E-state index contributed by atoms with van der Waals surface area (Å²) in [5.41, 5.74) is -0.262. The van der Waals surface area contributed by atoms with Crippen LogP contribution in [0.3, 0.4) is 0 Å². The van der Waals surface area contributed by atoms with E-state index in [1.807, 2.05) is 20.8 Å². The lowest BCUT2D eigenvalue weighted by atomic mass is 9.83. The molecule has 0 spiro atoms. The van der Waals surface area contributed by atoms with Crippen molar-refractivity contribution >= 4 is 18.0 Å². The van der Waals surface area contributed by atoms with Gasteiger partial charge in [0.15, 0.2) is 0 Å². The van der Waals surface area contributed by atoms with Gasteiger partial charge in [0, 0.05) is 6.54 Å². The van der Waals surface area contributed by atoms with Gasteiger partial charge < -0.3 is 20.1 Å². The van der Waals surface area contributed by atoms with Gasteiger partial charge >= 0.3 is 12.1 Å². The third-order valence-electron chi connectivity index (χ3n) is 4.60. The van der Waals surface area contributed by atoms with Gasteiger partial charge in [0.25, 0.3) is 0 Å². The van der Waals surface area contributed by atoms with Gasteiger partial charge in [0.2, 0.25) is 5.91 Å². The van der Waals surface area contributed by atoms with Gasteiger partial charge in [-0.2, -0.15) is 0 Å². The quantitative estimate of drug-likeness (QED) is 0.675. The number of rotatable bonds is 6. The Bertz CT molecular complexity index is 519. The molecule has 1 unspecified atom stereocenters. The fourth-order valence-corrected chi connectivity index (χ4v) is 3.26. The van der Waals surface area contributed by atoms with Crippen LogP contribution < -0.4 is 5.32 Å². The highest BCUT2D eigenvalue weighted by Crippen LogP contribution is 2.29. The number of methoxy groups -OCH3 is 1. The Labute approximate surface area is 176 Å². The minimum Gasteiger partial charge on any atom is -0.480 e. The number of carboxylic acids is 1. The van der Waals surface area contributed by atoms with Crippen molar-refractivity contribution < 1.29 is 24.2 Å². The molecule has 0 bridgehead atoms. The molecule has 0 saturated heterocycles. The van der Waals surface area contributed by atoms with Crippen molar-refractivity contribution in [2.75, 3.05) is 13.7 Å². The van der Waals surface area contributed by atoms with Crippen molar-refractivity contribution in [3.8, 4) is 0 Å². The SMILES string of the molecule is CC(C)C.COC(=O)NC(C(=O)N(CC(C)(C)C)[C@@H](C)C(=O)O)C1CCCCC1. The van der Waals surface area contributed by atoms with E-state index in [0.29, 0.717) is 6.54 Å². The summed E-state index contributed by atoms with van der Waals surface area (Å²) >= 11 is 0. The molecule has 7 nitrogen and oxygen atoms in total. The second-order valence-corrected chi connectivity index (χ2v) is 9.78. The van der Waals surface area contributed by atoms with E-state index in [9.17, 15) is 19.5 Å². The Morgan fingerprint density at radius 2 is 1.55 bits per heavy atom. The van der Waals surface area contributed by atoms with Crippen LogP contribution in [0.5, 0.6) is 0 Å².